The predicted molar refractivity (Wildman–Crippen MR) is 549 cm³/mol. The Morgan fingerprint density at radius 2 is 0.126 bits per heavy atom. The van der Waals surface area contributed by atoms with Crippen molar-refractivity contribution in [2.24, 2.45) is 0 Å². The van der Waals surface area contributed by atoms with Gasteiger partial charge in [-0.25, -0.2) is 0 Å². The molecule has 0 radical (unpaired) electrons. The molecular weight excluding hydrogens is 2630 g/mol. The van der Waals surface area contributed by atoms with Gasteiger partial charge in [-0.1, -0.05) is 0 Å². The van der Waals surface area contributed by atoms with Gasteiger partial charge in [-0.3, -0.25) is 0 Å². The molecule has 0 rings (SSSR count). The summed E-state index contributed by atoms with van der Waals surface area (Å²) in [6, 6.07) is 0. The lowest BCUT2D eigenvalue weighted by atomic mass is 10.6. The summed E-state index contributed by atoms with van der Waals surface area (Å²) in [5, 5.41) is 0. The van der Waals surface area contributed by atoms with E-state index in [1.165, 1.54) is 0 Å². The highest BCUT2D eigenvalue weighted by atomic mass is 79.9. The monoisotopic (exact) mass is 2790 g/mol. The third-order valence-electron chi connectivity index (χ3n) is 17.8. The molecule has 0 saturated heterocycles. The van der Waals surface area contributed by atoms with Crippen molar-refractivity contribution in [3.8, 4) is 0 Å². The zero-order chi connectivity index (χ0) is 65.9. The lowest BCUT2D eigenvalue weighted by molar-refractivity contribution is -0.00100. The molecule has 16 nitrogen and oxygen atoms in total. The highest BCUT2D eigenvalue weighted by molar-refractivity contribution is 8.94. The van der Waals surface area contributed by atoms with E-state index in [9.17, 15) is 0 Å². The Kier molecular flexibility index (Phi) is 181. The van der Waals surface area contributed by atoms with Gasteiger partial charge in [0.1, 0.15) is 0 Å². The first-order chi connectivity index (χ1) is 40.3. The van der Waals surface area contributed by atoms with Crippen molar-refractivity contribution in [1.29, 1.82) is 0 Å². The topological polar surface area (TPSA) is 51.8 Å². The number of hydrogen-bond donors (Lipinski definition) is 0. The molecule has 0 aliphatic rings. The van der Waals surface area contributed by atoms with Crippen LogP contribution in [0, 0.1) is 0 Å². The second-order valence-corrected chi connectivity index (χ2v) is 33.7. The zero-order valence-electron chi connectivity index (χ0n) is 71.2. The standard InChI is InChI=1S/4C16H40N4P.19BrH/c4*1-9-17(10-2)21(18(11-3)12-4,19(13-5)14-6)20(15-7)16-8;;;;;;;;;;;;;;;;;;;/h4*9-16H2,1-8H3;19*1H/q4*+1;;;;;;;;;;;;;;;;;;;/p-4. The number of hydrogen-bond acceptors (Lipinski definition) is 16. The Hall–Kier alpha value is 10.2. The lowest BCUT2D eigenvalue weighted by Gasteiger charge is -2.50. The Balaban J connectivity index is -0.0000000372. The van der Waals surface area contributed by atoms with Crippen LogP contribution in [0.5, 0.6) is 0 Å². The van der Waals surface area contributed by atoms with Gasteiger partial charge in [0.05, 0.1) is 0 Å². The molecule has 0 amide bonds. The Labute approximate surface area is 848 Å². The van der Waals surface area contributed by atoms with E-state index in [2.05, 4.69) is 296 Å². The molecule has 0 heterocycles. The minimum Gasteiger partial charge on any atom is -1.00 e. The summed E-state index contributed by atoms with van der Waals surface area (Å²) >= 11 is 0. The first-order valence-electron chi connectivity index (χ1n) is 35.9. The molecule has 0 unspecified atom stereocenters. The molecule has 0 aliphatic carbocycles. The molecule has 0 aromatic heterocycles. The van der Waals surface area contributed by atoms with Crippen LogP contribution in [0.2, 0.25) is 0 Å². The first-order valence-corrected chi connectivity index (χ1v) is 42.3. The molecule has 0 saturated carbocycles. The van der Waals surface area contributed by atoms with Crippen LogP contribution < -0.4 is 67.9 Å². The smallest absolute Gasteiger partial charge is 0.308 e. The molecule has 0 spiro atoms. The maximum atomic E-state index is 2.74. The molecule has 0 N–H and O–H groups in total. The summed E-state index contributed by atoms with van der Waals surface area (Å²) < 4.78 is 43.8. The third-order valence-corrected chi connectivity index (χ3v) is 38.9. The van der Waals surface area contributed by atoms with Gasteiger partial charge in [0, 0.05) is 209 Å². The second-order valence-electron chi connectivity index (χ2n) is 20.4. The summed E-state index contributed by atoms with van der Waals surface area (Å²) in [6.45, 7) is 110. The summed E-state index contributed by atoms with van der Waals surface area (Å²) in [5.74, 6) is 0. The zero-order valence-corrected chi connectivity index (χ0v) is 107. The maximum Gasteiger partial charge on any atom is 0.308 e. The second kappa shape index (κ2) is 106. The minimum absolute atomic E-state index is 0. The van der Waals surface area contributed by atoms with E-state index in [1.54, 1.807) is 0 Å². The largest absolute Gasteiger partial charge is 1.00 e. The van der Waals surface area contributed by atoms with Gasteiger partial charge in [-0.05, 0) is 222 Å². The molecule has 664 valence electrons. The van der Waals surface area contributed by atoms with Crippen LogP contribution in [-0.4, -0.2) is 284 Å². The molecule has 0 fully saturated rings. The van der Waals surface area contributed by atoms with Gasteiger partial charge in [0.15, 0.2) is 0 Å². The van der Waals surface area contributed by atoms with E-state index in [1.807, 2.05) is 0 Å². The van der Waals surface area contributed by atoms with Crippen LogP contribution in [0.25, 0.3) is 0 Å². The Bertz CT molecular complexity index is 1050. The third kappa shape index (κ3) is 47.0. The molecule has 0 aliphatic heterocycles. The fourth-order valence-electron chi connectivity index (χ4n) is 13.9. The highest BCUT2D eigenvalue weighted by Crippen LogP contribution is 2.72. The number of halogens is 19. The molecule has 0 aromatic carbocycles. The summed E-state index contributed by atoms with van der Waals surface area (Å²) in [7, 11) is -6.41. The summed E-state index contributed by atoms with van der Waals surface area (Å²) in [5.41, 5.74) is 0. The van der Waals surface area contributed by atoms with Crippen molar-refractivity contribution in [3.05, 3.63) is 0 Å². The average Bonchev–Trinajstić information content (AvgIpc) is 0.791. The van der Waals surface area contributed by atoms with Crippen LogP contribution >= 0.6 is 286 Å². The fourth-order valence-corrected chi connectivity index (χ4v) is 34.7. The van der Waals surface area contributed by atoms with E-state index in [0.717, 1.165) is 209 Å². The van der Waals surface area contributed by atoms with Crippen LogP contribution in [0.3, 0.4) is 0 Å². The molecule has 103 heavy (non-hydrogen) atoms. The van der Waals surface area contributed by atoms with Crippen molar-refractivity contribution in [1.82, 2.24) is 74.7 Å². The normalized spacial score (nSPS) is 10.7. The lowest BCUT2D eigenvalue weighted by Crippen LogP contribution is -3.00. The van der Waals surface area contributed by atoms with E-state index >= 15 is 0 Å². The van der Waals surface area contributed by atoms with Gasteiger partial charge >= 0.3 is 31.5 Å². The average molecular weight is 2810 g/mol. The number of nitrogens with zero attached hydrogens (tertiary/aromatic N) is 16. The molecule has 0 atom stereocenters. The highest BCUT2D eigenvalue weighted by Gasteiger charge is 2.62. The molecule has 0 aromatic rings. The van der Waals surface area contributed by atoms with Crippen molar-refractivity contribution in [2.75, 3.05) is 209 Å². The van der Waals surface area contributed by atoms with Crippen molar-refractivity contribution < 1.29 is 67.9 Å². The maximum absolute atomic E-state index is 2.74. The van der Waals surface area contributed by atoms with Crippen LogP contribution in [0.4, 0.5) is 0 Å². The van der Waals surface area contributed by atoms with Gasteiger partial charge < -0.3 is 67.9 Å². The molecule has 39 heteroatoms. The summed E-state index contributed by atoms with van der Waals surface area (Å²) in [6.07, 6.45) is 0. The van der Waals surface area contributed by atoms with Crippen LogP contribution in [0.15, 0.2) is 0 Å². The predicted octanol–water partition coefficient (Wildman–Crippen LogP) is 12.8. The van der Waals surface area contributed by atoms with Crippen LogP contribution in [-0.2, 0) is 0 Å². The van der Waals surface area contributed by atoms with Crippen molar-refractivity contribution >= 4 is 286 Å². The van der Waals surface area contributed by atoms with E-state index in [0.29, 0.717) is 0 Å². The minimum atomic E-state index is -1.60. The van der Waals surface area contributed by atoms with Crippen molar-refractivity contribution in [3.63, 3.8) is 0 Å². The van der Waals surface area contributed by atoms with Crippen molar-refractivity contribution in [2.45, 2.75) is 222 Å². The van der Waals surface area contributed by atoms with Gasteiger partial charge in [0.2, 0.25) is 0 Å². The quantitative estimate of drug-likeness (QED) is 0.0543. The fraction of sp³-hybridized carbons (Fsp3) is 1.00. The summed E-state index contributed by atoms with van der Waals surface area (Å²) in [4.78, 5) is 0. The van der Waals surface area contributed by atoms with E-state index < -0.39 is 31.5 Å². The van der Waals surface area contributed by atoms with Gasteiger partial charge in [0.25, 0.3) is 0 Å². The van der Waals surface area contributed by atoms with E-state index in [4.69, 9.17) is 0 Å². The first kappa shape index (κ1) is 175. The van der Waals surface area contributed by atoms with Gasteiger partial charge in [-0.2, -0.15) is 0 Å². The molecule has 0 bridgehead atoms. The van der Waals surface area contributed by atoms with E-state index in [-0.39, 0.29) is 323 Å². The van der Waals surface area contributed by atoms with Gasteiger partial charge in [-0.15, -0.1) is 329 Å². The Morgan fingerprint density at radius 3 is 0.146 bits per heavy atom. The SMILES string of the molecule is Br.Br.Br.Br.Br.Br.Br.Br.Br.Br.Br.Br.Br.Br.Br.CCN(CC)[P+](N(CC)CC)(N(CC)CC)N(CC)CC.CCN(CC)[P+](N(CC)CC)(N(CC)CC)N(CC)CC.CCN(CC)[P+](N(CC)CC)(N(CC)CC)N(CC)CC.CCN(CC)[P+](N(CC)CC)(N(CC)CC)N(CC)CC.[Br-].[Br-].[Br-].[Br-]. The number of rotatable bonds is 48. The Morgan fingerprint density at radius 1 is 0.0971 bits per heavy atom. The van der Waals surface area contributed by atoms with Crippen LogP contribution in [0.1, 0.15) is 222 Å². The molecular formula is C64H175Br19N16P4.